The number of aromatic nitrogens is 2. The highest BCUT2D eigenvalue weighted by Gasteiger charge is 2.19. The second-order valence-electron chi connectivity index (χ2n) is 7.29. The van der Waals surface area contributed by atoms with Crippen LogP contribution in [-0.4, -0.2) is 54.7 Å². The van der Waals surface area contributed by atoms with Crippen molar-refractivity contribution < 1.29 is 9.47 Å². The minimum Gasteiger partial charge on any atom is -0.493 e. The first-order valence-corrected chi connectivity index (χ1v) is 9.82. The Bertz CT molecular complexity index is 959. The monoisotopic (exact) mass is 380 g/mol. The van der Waals surface area contributed by atoms with Gasteiger partial charge in [0.1, 0.15) is 5.65 Å². The van der Waals surface area contributed by atoms with E-state index in [1.165, 1.54) is 17.7 Å². The van der Waals surface area contributed by atoms with Gasteiger partial charge in [0.15, 0.2) is 11.5 Å². The van der Waals surface area contributed by atoms with Gasteiger partial charge < -0.3 is 19.2 Å². The molecule has 1 aliphatic rings. The number of methoxy groups -OCH3 is 2. The van der Waals surface area contributed by atoms with E-state index >= 15 is 0 Å². The second-order valence-corrected chi connectivity index (χ2v) is 7.29. The Hall–Kier alpha value is -2.57. The molecule has 0 atom stereocenters. The lowest BCUT2D eigenvalue weighted by molar-refractivity contribution is 0.281. The van der Waals surface area contributed by atoms with Crippen molar-refractivity contribution in [2.75, 3.05) is 40.4 Å². The zero-order valence-electron chi connectivity index (χ0n) is 16.9. The van der Waals surface area contributed by atoms with Crippen LogP contribution in [0.2, 0.25) is 0 Å². The van der Waals surface area contributed by atoms with E-state index in [1.54, 1.807) is 14.2 Å². The Balaban J connectivity index is 1.80. The average Bonchev–Trinajstić information content (AvgIpc) is 2.88. The molecule has 1 aromatic carbocycles. The van der Waals surface area contributed by atoms with Crippen LogP contribution >= 0.6 is 0 Å². The van der Waals surface area contributed by atoms with Gasteiger partial charge in [0.25, 0.3) is 0 Å². The third kappa shape index (κ3) is 3.70. The van der Waals surface area contributed by atoms with E-state index in [1.807, 2.05) is 12.1 Å². The third-order valence-corrected chi connectivity index (χ3v) is 5.34. The minimum atomic E-state index is 0.721. The fraction of sp³-hybridized carbons (Fsp3) is 0.409. The number of benzene rings is 1. The number of ether oxygens (including phenoxy) is 2. The van der Waals surface area contributed by atoms with Crippen molar-refractivity contribution in [3.8, 4) is 22.8 Å². The van der Waals surface area contributed by atoms with E-state index < -0.39 is 0 Å². The number of hydrogen-bond acceptors (Lipinski definition) is 5. The number of fused-ring (bicyclic) bond motifs is 1. The zero-order valence-corrected chi connectivity index (χ0v) is 16.9. The fourth-order valence-corrected chi connectivity index (χ4v) is 3.83. The van der Waals surface area contributed by atoms with E-state index in [9.17, 15) is 0 Å². The molecule has 148 valence electrons. The van der Waals surface area contributed by atoms with E-state index in [-0.39, 0.29) is 0 Å². The number of nitrogens with one attached hydrogen (secondary N) is 1. The molecule has 0 unspecified atom stereocenters. The summed E-state index contributed by atoms with van der Waals surface area (Å²) in [6.07, 6.45) is 3.30. The van der Waals surface area contributed by atoms with Crippen molar-refractivity contribution in [3.63, 3.8) is 0 Å². The molecule has 2 aromatic heterocycles. The van der Waals surface area contributed by atoms with Gasteiger partial charge in [-0.15, -0.1) is 0 Å². The van der Waals surface area contributed by atoms with Crippen LogP contribution in [0.15, 0.2) is 36.5 Å². The minimum absolute atomic E-state index is 0.721. The molecule has 3 aromatic rings. The molecule has 6 nitrogen and oxygen atoms in total. The van der Waals surface area contributed by atoms with Gasteiger partial charge >= 0.3 is 0 Å². The smallest absolute Gasteiger partial charge is 0.161 e. The van der Waals surface area contributed by atoms with Crippen molar-refractivity contribution in [3.05, 3.63) is 47.8 Å². The SMILES string of the molecule is COc1ccc(-c2nc3cc(C)ccn3c2CN2CCCNCC2)cc1OC. The van der Waals surface area contributed by atoms with Gasteiger partial charge in [-0.05, 0) is 62.3 Å². The van der Waals surface area contributed by atoms with Crippen LogP contribution in [0.5, 0.6) is 11.5 Å². The number of rotatable bonds is 5. The molecule has 0 spiro atoms. The van der Waals surface area contributed by atoms with Gasteiger partial charge in [-0.25, -0.2) is 4.98 Å². The Morgan fingerprint density at radius 3 is 2.71 bits per heavy atom. The van der Waals surface area contributed by atoms with Crippen LogP contribution in [0.25, 0.3) is 16.9 Å². The second kappa shape index (κ2) is 8.20. The molecule has 4 rings (SSSR count). The lowest BCUT2D eigenvalue weighted by Gasteiger charge is -2.20. The van der Waals surface area contributed by atoms with Crippen LogP contribution in [-0.2, 0) is 6.54 Å². The van der Waals surface area contributed by atoms with Crippen molar-refractivity contribution >= 4 is 5.65 Å². The molecule has 1 N–H and O–H groups in total. The highest BCUT2D eigenvalue weighted by molar-refractivity contribution is 5.69. The lowest BCUT2D eigenvalue weighted by atomic mass is 10.1. The van der Waals surface area contributed by atoms with Gasteiger partial charge in [0.2, 0.25) is 0 Å². The highest BCUT2D eigenvalue weighted by Crippen LogP contribution is 2.34. The van der Waals surface area contributed by atoms with Gasteiger partial charge in [0, 0.05) is 31.4 Å². The summed E-state index contributed by atoms with van der Waals surface area (Å²) in [5.74, 6) is 1.45. The van der Waals surface area contributed by atoms with Crippen molar-refractivity contribution in [1.29, 1.82) is 0 Å². The normalized spacial score (nSPS) is 15.5. The maximum Gasteiger partial charge on any atom is 0.161 e. The van der Waals surface area contributed by atoms with Gasteiger partial charge in [-0.2, -0.15) is 0 Å². The van der Waals surface area contributed by atoms with E-state index in [0.717, 1.165) is 61.1 Å². The maximum absolute atomic E-state index is 5.52. The van der Waals surface area contributed by atoms with E-state index in [4.69, 9.17) is 14.5 Å². The molecule has 0 bridgehead atoms. The first-order valence-electron chi connectivity index (χ1n) is 9.82. The first-order chi connectivity index (χ1) is 13.7. The predicted molar refractivity (Wildman–Crippen MR) is 111 cm³/mol. The van der Waals surface area contributed by atoms with Gasteiger partial charge in [-0.3, -0.25) is 4.90 Å². The number of imidazole rings is 1. The number of hydrogen-bond donors (Lipinski definition) is 1. The lowest BCUT2D eigenvalue weighted by Crippen LogP contribution is -2.28. The molecular formula is C22H28N4O2. The summed E-state index contributed by atoms with van der Waals surface area (Å²) in [7, 11) is 3.32. The summed E-state index contributed by atoms with van der Waals surface area (Å²) in [6.45, 7) is 7.23. The van der Waals surface area contributed by atoms with Crippen LogP contribution in [0.4, 0.5) is 0 Å². The topological polar surface area (TPSA) is 51.0 Å². The molecule has 0 amide bonds. The number of nitrogens with zero attached hydrogens (tertiary/aromatic N) is 3. The van der Waals surface area contributed by atoms with Gasteiger partial charge in [0.05, 0.1) is 25.6 Å². The predicted octanol–water partition coefficient (Wildman–Crippen LogP) is 3.12. The summed E-state index contributed by atoms with van der Waals surface area (Å²) in [6, 6.07) is 10.3. The molecule has 1 aliphatic heterocycles. The summed E-state index contributed by atoms with van der Waals surface area (Å²) in [5, 5.41) is 3.48. The largest absolute Gasteiger partial charge is 0.493 e. The molecule has 1 fully saturated rings. The quantitative estimate of drug-likeness (QED) is 0.737. The summed E-state index contributed by atoms with van der Waals surface area (Å²) in [5.41, 5.74) is 5.45. The number of aryl methyl sites for hydroxylation is 1. The van der Waals surface area contributed by atoms with E-state index in [0.29, 0.717) is 0 Å². The fourth-order valence-electron chi connectivity index (χ4n) is 3.83. The molecule has 3 heterocycles. The highest BCUT2D eigenvalue weighted by atomic mass is 16.5. The summed E-state index contributed by atoms with van der Waals surface area (Å²) >= 11 is 0. The molecule has 6 heteroatoms. The Labute approximate surface area is 166 Å². The standard InChI is InChI=1S/C22H28N4O2/c1-16-7-11-26-18(15-25-10-4-8-23-9-12-25)22(24-21(26)13-16)17-5-6-19(27-2)20(14-17)28-3/h5-7,11,13-14,23H,4,8-10,12,15H2,1-3H3. The Morgan fingerprint density at radius 2 is 1.89 bits per heavy atom. The van der Waals surface area contributed by atoms with Crippen LogP contribution in [0.1, 0.15) is 17.7 Å². The molecule has 1 saturated heterocycles. The maximum atomic E-state index is 5.52. The van der Waals surface area contributed by atoms with Crippen LogP contribution in [0, 0.1) is 6.92 Å². The van der Waals surface area contributed by atoms with Crippen molar-refractivity contribution in [2.24, 2.45) is 0 Å². The van der Waals surface area contributed by atoms with Gasteiger partial charge in [-0.1, -0.05) is 0 Å². The van der Waals surface area contributed by atoms with Crippen LogP contribution in [0.3, 0.4) is 0 Å². The molecule has 28 heavy (non-hydrogen) atoms. The van der Waals surface area contributed by atoms with Crippen molar-refractivity contribution in [2.45, 2.75) is 19.9 Å². The molecule has 0 saturated carbocycles. The zero-order chi connectivity index (χ0) is 19.5. The number of pyridine rings is 1. The molecular weight excluding hydrogens is 352 g/mol. The Morgan fingerprint density at radius 1 is 1.04 bits per heavy atom. The van der Waals surface area contributed by atoms with Crippen molar-refractivity contribution in [1.82, 2.24) is 19.6 Å². The van der Waals surface area contributed by atoms with E-state index in [2.05, 4.69) is 45.9 Å². The molecule has 0 radical (unpaired) electrons. The Kier molecular flexibility index (Phi) is 5.50. The molecule has 0 aliphatic carbocycles. The third-order valence-electron chi connectivity index (χ3n) is 5.34. The summed E-state index contributed by atoms with van der Waals surface area (Å²) in [4.78, 5) is 7.50. The first kappa shape index (κ1) is 18.8. The average molecular weight is 380 g/mol. The van der Waals surface area contributed by atoms with Crippen LogP contribution < -0.4 is 14.8 Å². The summed E-state index contributed by atoms with van der Waals surface area (Å²) < 4.78 is 13.1.